The molecule has 0 saturated heterocycles. The van der Waals surface area contributed by atoms with E-state index in [1.807, 2.05) is 0 Å². The largest absolute Gasteiger partial charge is 0.416 e. The fourth-order valence-electron chi connectivity index (χ4n) is 3.26. The average Bonchev–Trinajstić information content (AvgIpc) is 3.40. The van der Waals surface area contributed by atoms with Crippen molar-refractivity contribution >= 4 is 27.3 Å². The molecule has 0 unspecified atom stereocenters. The van der Waals surface area contributed by atoms with Crippen molar-refractivity contribution in [3.05, 3.63) is 53.6 Å². The first kappa shape index (κ1) is 18.8. The molecule has 1 fully saturated rings. The minimum absolute atomic E-state index is 0.0541. The number of fused-ring (bicyclic) bond motifs is 1. The number of nitrogens with zero attached hydrogens (tertiary/aromatic N) is 1. The minimum atomic E-state index is -4.53. The van der Waals surface area contributed by atoms with Crippen LogP contribution in [0.3, 0.4) is 0 Å². The number of hydrogen-bond donors (Lipinski definition) is 1. The zero-order valence-electron chi connectivity index (χ0n) is 14.7. The number of anilines is 2. The normalized spacial score (nSPS) is 16.8. The summed E-state index contributed by atoms with van der Waals surface area (Å²) in [6.07, 6.45) is -2.07. The van der Waals surface area contributed by atoms with Crippen molar-refractivity contribution in [2.75, 3.05) is 16.2 Å². The molecule has 1 N–H and O–H groups in total. The second-order valence-corrected chi connectivity index (χ2v) is 8.67. The van der Waals surface area contributed by atoms with Crippen LogP contribution in [-0.4, -0.2) is 20.9 Å². The van der Waals surface area contributed by atoms with Gasteiger partial charge >= 0.3 is 6.18 Å². The van der Waals surface area contributed by atoms with Crippen molar-refractivity contribution in [1.82, 2.24) is 0 Å². The van der Waals surface area contributed by atoms with Crippen molar-refractivity contribution in [3.8, 4) is 0 Å². The summed E-state index contributed by atoms with van der Waals surface area (Å²) in [7, 11) is -4.06. The zero-order chi connectivity index (χ0) is 20.1. The molecule has 1 saturated carbocycles. The van der Waals surface area contributed by atoms with Crippen LogP contribution in [0.5, 0.6) is 0 Å². The van der Waals surface area contributed by atoms with Crippen molar-refractivity contribution in [1.29, 1.82) is 0 Å². The van der Waals surface area contributed by atoms with Crippen molar-refractivity contribution in [2.24, 2.45) is 5.92 Å². The third kappa shape index (κ3) is 3.58. The number of benzene rings is 2. The first-order valence-corrected chi connectivity index (χ1v) is 10.3. The Balaban J connectivity index is 1.57. The highest BCUT2D eigenvalue weighted by Crippen LogP contribution is 2.38. The Kier molecular flexibility index (Phi) is 4.37. The van der Waals surface area contributed by atoms with Gasteiger partial charge in [0.05, 0.1) is 16.1 Å². The SMILES string of the molecule is O=C(C1CC1)N1CCc2ccc(NS(=O)(=O)c3ccc(C(F)(F)F)cc3)cc21. The molecule has 5 nitrogen and oxygen atoms in total. The lowest BCUT2D eigenvalue weighted by Crippen LogP contribution is -2.30. The van der Waals surface area contributed by atoms with Gasteiger partial charge in [0.1, 0.15) is 0 Å². The van der Waals surface area contributed by atoms with Crippen LogP contribution in [0.4, 0.5) is 24.5 Å². The van der Waals surface area contributed by atoms with Crippen LogP contribution in [0.2, 0.25) is 0 Å². The Morgan fingerprint density at radius 2 is 1.75 bits per heavy atom. The van der Waals surface area contributed by atoms with Crippen molar-refractivity contribution in [3.63, 3.8) is 0 Å². The first-order chi connectivity index (χ1) is 13.1. The van der Waals surface area contributed by atoms with Crippen LogP contribution in [0.15, 0.2) is 47.4 Å². The van der Waals surface area contributed by atoms with E-state index in [1.165, 1.54) is 0 Å². The topological polar surface area (TPSA) is 66.5 Å². The molecule has 0 atom stereocenters. The van der Waals surface area contributed by atoms with Crippen LogP contribution in [0.25, 0.3) is 0 Å². The second-order valence-electron chi connectivity index (χ2n) is 6.99. The zero-order valence-corrected chi connectivity index (χ0v) is 15.5. The molecule has 1 aliphatic carbocycles. The summed E-state index contributed by atoms with van der Waals surface area (Å²) in [6.45, 7) is 0.569. The second kappa shape index (κ2) is 6.51. The minimum Gasteiger partial charge on any atom is -0.312 e. The highest BCUT2D eigenvalue weighted by atomic mass is 32.2. The predicted octanol–water partition coefficient (Wildman–Crippen LogP) is 3.81. The van der Waals surface area contributed by atoms with E-state index in [1.54, 1.807) is 23.1 Å². The molecule has 0 spiro atoms. The van der Waals surface area contributed by atoms with Gasteiger partial charge in [-0.15, -0.1) is 0 Å². The smallest absolute Gasteiger partial charge is 0.312 e. The maximum absolute atomic E-state index is 12.7. The highest BCUT2D eigenvalue weighted by molar-refractivity contribution is 7.92. The highest BCUT2D eigenvalue weighted by Gasteiger charge is 2.36. The fraction of sp³-hybridized carbons (Fsp3) is 0.316. The Hall–Kier alpha value is -2.55. The number of sulfonamides is 1. The van der Waals surface area contributed by atoms with E-state index in [4.69, 9.17) is 0 Å². The van der Waals surface area contributed by atoms with E-state index < -0.39 is 21.8 Å². The lowest BCUT2D eigenvalue weighted by atomic mass is 10.1. The molecular weight excluding hydrogens is 393 g/mol. The predicted molar refractivity (Wildman–Crippen MR) is 97.5 cm³/mol. The summed E-state index contributed by atoms with van der Waals surface area (Å²) in [5.74, 6) is 0.111. The van der Waals surface area contributed by atoms with Gasteiger partial charge in [0, 0.05) is 18.2 Å². The molecule has 0 radical (unpaired) electrons. The van der Waals surface area contributed by atoms with Crippen molar-refractivity contribution < 1.29 is 26.4 Å². The summed E-state index contributed by atoms with van der Waals surface area (Å²) in [6, 6.07) is 8.25. The third-order valence-electron chi connectivity index (χ3n) is 4.92. The molecular formula is C19H17F3N2O3S. The number of halogens is 3. The lowest BCUT2D eigenvalue weighted by molar-refractivity contribution is -0.137. The maximum atomic E-state index is 12.7. The van der Waals surface area contributed by atoms with Crippen LogP contribution in [-0.2, 0) is 27.4 Å². The van der Waals surface area contributed by atoms with Gasteiger partial charge in [-0.05, 0) is 61.2 Å². The number of alkyl halides is 3. The summed E-state index contributed by atoms with van der Waals surface area (Å²) >= 11 is 0. The number of amides is 1. The molecule has 0 aromatic heterocycles. The van der Waals surface area contributed by atoms with E-state index in [-0.39, 0.29) is 22.4 Å². The van der Waals surface area contributed by atoms with Gasteiger partial charge < -0.3 is 4.90 Å². The molecule has 0 bridgehead atoms. The fourth-order valence-corrected chi connectivity index (χ4v) is 4.31. The summed E-state index contributed by atoms with van der Waals surface area (Å²) < 4.78 is 65.4. The molecule has 9 heteroatoms. The van der Waals surface area contributed by atoms with Gasteiger partial charge in [-0.2, -0.15) is 13.2 Å². The van der Waals surface area contributed by atoms with Crippen molar-refractivity contribution in [2.45, 2.75) is 30.3 Å². The van der Waals surface area contributed by atoms with E-state index in [0.717, 1.165) is 42.7 Å². The standard InChI is InChI=1S/C19H17F3N2O3S/c20-19(21,22)14-4-7-16(8-5-14)28(26,27)23-15-6-3-12-9-10-24(17(12)11-15)18(25)13-1-2-13/h3-8,11,13,23H,1-2,9-10H2. The van der Waals surface area contributed by atoms with Gasteiger partial charge in [-0.25, -0.2) is 8.42 Å². The first-order valence-electron chi connectivity index (χ1n) is 8.79. The van der Waals surface area contributed by atoms with E-state index in [2.05, 4.69) is 4.72 Å². The third-order valence-corrected chi connectivity index (χ3v) is 6.31. The summed E-state index contributed by atoms with van der Waals surface area (Å²) in [4.78, 5) is 13.8. The van der Waals surface area contributed by atoms with Crippen LogP contribution in [0.1, 0.15) is 24.0 Å². The van der Waals surface area contributed by atoms with Gasteiger partial charge in [0.15, 0.2) is 0 Å². The Labute approximate surface area is 160 Å². The van der Waals surface area contributed by atoms with Crippen LogP contribution in [0, 0.1) is 5.92 Å². The molecule has 28 heavy (non-hydrogen) atoms. The van der Waals surface area contributed by atoms with Gasteiger partial charge in [-0.3, -0.25) is 9.52 Å². The Morgan fingerprint density at radius 1 is 1.07 bits per heavy atom. The molecule has 148 valence electrons. The summed E-state index contributed by atoms with van der Waals surface area (Å²) in [5, 5.41) is 0. The van der Waals surface area contributed by atoms with E-state index in [9.17, 15) is 26.4 Å². The van der Waals surface area contributed by atoms with Gasteiger partial charge in [0.2, 0.25) is 5.91 Å². The number of rotatable bonds is 4. The maximum Gasteiger partial charge on any atom is 0.416 e. The van der Waals surface area contributed by atoms with Crippen LogP contribution >= 0.6 is 0 Å². The number of carbonyl (C=O) groups excluding carboxylic acids is 1. The Bertz CT molecular complexity index is 1030. The molecule has 2 aromatic rings. The Morgan fingerprint density at radius 3 is 2.36 bits per heavy atom. The molecule has 2 aromatic carbocycles. The van der Waals surface area contributed by atoms with Crippen LogP contribution < -0.4 is 9.62 Å². The number of hydrogen-bond acceptors (Lipinski definition) is 3. The number of carbonyl (C=O) groups is 1. The molecule has 1 aliphatic heterocycles. The molecule has 2 aliphatic rings. The molecule has 1 amide bonds. The molecule has 1 heterocycles. The van der Waals surface area contributed by atoms with Gasteiger partial charge in [0.25, 0.3) is 10.0 Å². The summed E-state index contributed by atoms with van der Waals surface area (Å²) in [5.41, 5.74) is 0.989. The molecule has 4 rings (SSSR count). The monoisotopic (exact) mass is 410 g/mol. The average molecular weight is 410 g/mol. The van der Waals surface area contributed by atoms with Gasteiger partial charge in [-0.1, -0.05) is 6.07 Å². The number of nitrogens with one attached hydrogen (secondary N) is 1. The quantitative estimate of drug-likeness (QED) is 0.834. The lowest BCUT2D eigenvalue weighted by Gasteiger charge is -2.18. The van der Waals surface area contributed by atoms with E-state index in [0.29, 0.717) is 18.7 Å². The van der Waals surface area contributed by atoms with E-state index >= 15 is 0 Å².